The molecular formula is C20H33FIN3O. The highest BCUT2D eigenvalue weighted by Gasteiger charge is 2.33. The van der Waals surface area contributed by atoms with Crippen LogP contribution >= 0.6 is 24.0 Å². The summed E-state index contributed by atoms with van der Waals surface area (Å²) in [5, 5.41) is 6.86. The van der Waals surface area contributed by atoms with Gasteiger partial charge in [-0.1, -0.05) is 25.0 Å². The van der Waals surface area contributed by atoms with E-state index in [0.29, 0.717) is 5.41 Å². The zero-order chi connectivity index (χ0) is 18.0. The number of aliphatic imine (C=N–C) groups is 1. The van der Waals surface area contributed by atoms with Crippen LogP contribution in [-0.2, 0) is 11.2 Å². The van der Waals surface area contributed by atoms with Gasteiger partial charge < -0.3 is 15.4 Å². The van der Waals surface area contributed by atoms with Gasteiger partial charge in [0.1, 0.15) is 5.82 Å². The molecule has 0 atom stereocenters. The van der Waals surface area contributed by atoms with E-state index < -0.39 is 0 Å². The van der Waals surface area contributed by atoms with Crippen LogP contribution < -0.4 is 10.6 Å². The van der Waals surface area contributed by atoms with Gasteiger partial charge in [0.15, 0.2) is 5.96 Å². The van der Waals surface area contributed by atoms with Gasteiger partial charge in [-0.3, -0.25) is 4.99 Å². The normalized spacial score (nSPS) is 16.2. The number of aryl methyl sites for hydroxylation is 1. The summed E-state index contributed by atoms with van der Waals surface area (Å²) >= 11 is 0. The number of ether oxygens (including phenoxy) is 1. The van der Waals surface area contributed by atoms with E-state index in [1.807, 2.05) is 6.07 Å². The molecule has 0 bridgehead atoms. The van der Waals surface area contributed by atoms with Crippen molar-refractivity contribution in [2.75, 3.05) is 33.9 Å². The second kappa shape index (κ2) is 12.5. The molecule has 148 valence electrons. The molecule has 0 aliphatic heterocycles. The van der Waals surface area contributed by atoms with Crippen molar-refractivity contribution in [3.63, 3.8) is 0 Å². The molecule has 1 saturated carbocycles. The highest BCUT2D eigenvalue weighted by Crippen LogP contribution is 2.40. The fraction of sp³-hybridized carbons (Fsp3) is 0.650. The molecule has 0 aromatic heterocycles. The van der Waals surface area contributed by atoms with Crippen molar-refractivity contribution in [1.82, 2.24) is 10.6 Å². The number of nitrogens with zero attached hydrogens (tertiary/aromatic N) is 1. The van der Waals surface area contributed by atoms with Crippen LogP contribution in [0.5, 0.6) is 0 Å². The summed E-state index contributed by atoms with van der Waals surface area (Å²) < 4.78 is 18.5. The lowest BCUT2D eigenvalue weighted by Crippen LogP contribution is -2.43. The minimum Gasteiger partial charge on any atom is -0.385 e. The van der Waals surface area contributed by atoms with E-state index in [2.05, 4.69) is 15.6 Å². The van der Waals surface area contributed by atoms with Crippen molar-refractivity contribution < 1.29 is 9.13 Å². The van der Waals surface area contributed by atoms with Crippen LogP contribution in [0.1, 0.15) is 44.1 Å². The van der Waals surface area contributed by atoms with E-state index in [4.69, 9.17) is 4.74 Å². The molecule has 1 aliphatic rings. The number of guanidine groups is 1. The van der Waals surface area contributed by atoms with Crippen LogP contribution in [-0.4, -0.2) is 39.8 Å². The Balaban J connectivity index is 0.00000338. The number of hydrogen-bond acceptors (Lipinski definition) is 2. The van der Waals surface area contributed by atoms with E-state index in [0.717, 1.165) is 50.5 Å². The zero-order valence-electron chi connectivity index (χ0n) is 16.0. The average molecular weight is 477 g/mol. The average Bonchev–Trinajstić information content (AvgIpc) is 3.09. The molecule has 2 rings (SSSR count). The highest BCUT2D eigenvalue weighted by molar-refractivity contribution is 14.0. The lowest BCUT2D eigenvalue weighted by molar-refractivity contribution is 0.138. The standard InChI is InChI=1S/C20H32FN3O.HI/c1-22-19(23-13-6-8-17-7-5-9-18(21)15-17)24-16-20(12-14-25-2)10-3-4-11-20;/h5,7,9,15H,3-4,6,8,10-14,16H2,1-2H3,(H2,22,23,24);1H. The Hall–Kier alpha value is -0.890. The van der Waals surface area contributed by atoms with Crippen molar-refractivity contribution in [1.29, 1.82) is 0 Å². The fourth-order valence-corrected chi connectivity index (χ4v) is 3.64. The number of hydrogen-bond donors (Lipinski definition) is 2. The highest BCUT2D eigenvalue weighted by atomic mass is 127. The Bertz CT molecular complexity index is 548. The molecule has 1 fully saturated rings. The Morgan fingerprint density at radius 1 is 1.27 bits per heavy atom. The lowest BCUT2D eigenvalue weighted by atomic mass is 9.83. The number of nitrogens with one attached hydrogen (secondary N) is 2. The third-order valence-electron chi connectivity index (χ3n) is 5.18. The second-order valence-electron chi connectivity index (χ2n) is 7.04. The summed E-state index contributed by atoms with van der Waals surface area (Å²) in [5.41, 5.74) is 1.38. The van der Waals surface area contributed by atoms with Crippen molar-refractivity contribution in [3.8, 4) is 0 Å². The van der Waals surface area contributed by atoms with Crippen LogP contribution in [0, 0.1) is 11.2 Å². The first kappa shape index (κ1) is 23.1. The molecule has 26 heavy (non-hydrogen) atoms. The van der Waals surface area contributed by atoms with E-state index in [1.54, 1.807) is 26.3 Å². The molecule has 1 aromatic rings. The van der Waals surface area contributed by atoms with Gasteiger partial charge in [-0.25, -0.2) is 4.39 Å². The molecule has 0 radical (unpaired) electrons. The molecular weight excluding hydrogens is 444 g/mol. The second-order valence-corrected chi connectivity index (χ2v) is 7.04. The van der Waals surface area contributed by atoms with Gasteiger partial charge in [-0.2, -0.15) is 0 Å². The van der Waals surface area contributed by atoms with Gasteiger partial charge in [0, 0.05) is 33.9 Å². The summed E-state index contributed by atoms with van der Waals surface area (Å²) in [5.74, 6) is 0.684. The van der Waals surface area contributed by atoms with Gasteiger partial charge in [0.2, 0.25) is 0 Å². The molecule has 1 aliphatic carbocycles. The zero-order valence-corrected chi connectivity index (χ0v) is 18.4. The molecule has 6 heteroatoms. The van der Waals surface area contributed by atoms with E-state index in [1.165, 1.54) is 31.7 Å². The first-order valence-corrected chi connectivity index (χ1v) is 9.35. The summed E-state index contributed by atoms with van der Waals surface area (Å²) in [7, 11) is 3.58. The predicted octanol–water partition coefficient (Wildman–Crippen LogP) is 4.14. The SMILES string of the molecule is CN=C(NCCCc1cccc(F)c1)NCC1(CCOC)CCCC1.I. The van der Waals surface area contributed by atoms with Gasteiger partial charge in [-0.15, -0.1) is 24.0 Å². The first-order valence-electron chi connectivity index (χ1n) is 9.35. The Kier molecular flexibility index (Phi) is 11.1. The van der Waals surface area contributed by atoms with Crippen LogP contribution in [0.4, 0.5) is 4.39 Å². The third-order valence-corrected chi connectivity index (χ3v) is 5.18. The fourth-order valence-electron chi connectivity index (χ4n) is 3.64. The topological polar surface area (TPSA) is 45.7 Å². The van der Waals surface area contributed by atoms with E-state index >= 15 is 0 Å². The molecule has 0 heterocycles. The lowest BCUT2D eigenvalue weighted by Gasteiger charge is -2.30. The number of rotatable bonds is 9. The third kappa shape index (κ3) is 7.78. The van der Waals surface area contributed by atoms with Crippen molar-refractivity contribution in [3.05, 3.63) is 35.6 Å². The van der Waals surface area contributed by atoms with Gasteiger partial charge in [0.05, 0.1) is 0 Å². The molecule has 0 amide bonds. The Morgan fingerprint density at radius 2 is 2.04 bits per heavy atom. The molecule has 0 unspecified atom stereocenters. The summed E-state index contributed by atoms with van der Waals surface area (Å²) in [6.07, 6.45) is 8.06. The van der Waals surface area contributed by atoms with Crippen molar-refractivity contribution >= 4 is 29.9 Å². The smallest absolute Gasteiger partial charge is 0.190 e. The van der Waals surface area contributed by atoms with Gasteiger partial charge in [-0.05, 0) is 55.2 Å². The molecule has 4 nitrogen and oxygen atoms in total. The number of benzene rings is 1. The molecule has 2 N–H and O–H groups in total. The quantitative estimate of drug-likeness (QED) is 0.243. The number of methoxy groups -OCH3 is 1. The summed E-state index contributed by atoms with van der Waals surface area (Å²) in [6.45, 7) is 2.59. The minimum absolute atomic E-state index is 0. The predicted molar refractivity (Wildman–Crippen MR) is 117 cm³/mol. The van der Waals surface area contributed by atoms with Crippen molar-refractivity contribution in [2.24, 2.45) is 10.4 Å². The van der Waals surface area contributed by atoms with E-state index in [-0.39, 0.29) is 29.8 Å². The molecule has 0 saturated heterocycles. The minimum atomic E-state index is -0.166. The summed E-state index contributed by atoms with van der Waals surface area (Å²) in [4.78, 5) is 4.32. The molecule has 1 aromatic carbocycles. The maximum absolute atomic E-state index is 13.2. The molecule has 0 spiro atoms. The van der Waals surface area contributed by atoms with Gasteiger partial charge >= 0.3 is 0 Å². The van der Waals surface area contributed by atoms with Crippen molar-refractivity contribution in [2.45, 2.75) is 44.9 Å². The van der Waals surface area contributed by atoms with Crippen LogP contribution in [0.2, 0.25) is 0 Å². The van der Waals surface area contributed by atoms with Gasteiger partial charge in [0.25, 0.3) is 0 Å². The van der Waals surface area contributed by atoms with Crippen LogP contribution in [0.15, 0.2) is 29.3 Å². The van der Waals surface area contributed by atoms with Crippen LogP contribution in [0.3, 0.4) is 0 Å². The summed E-state index contributed by atoms with van der Waals surface area (Å²) in [6, 6.07) is 6.82. The number of halogens is 2. The monoisotopic (exact) mass is 477 g/mol. The largest absolute Gasteiger partial charge is 0.385 e. The first-order chi connectivity index (χ1) is 12.2. The maximum Gasteiger partial charge on any atom is 0.190 e. The maximum atomic E-state index is 13.2. The van der Waals surface area contributed by atoms with Crippen LogP contribution in [0.25, 0.3) is 0 Å². The Morgan fingerprint density at radius 3 is 2.69 bits per heavy atom. The Labute approximate surface area is 174 Å². The van der Waals surface area contributed by atoms with E-state index in [9.17, 15) is 4.39 Å².